The fourth-order valence-electron chi connectivity index (χ4n) is 0.786. The highest BCUT2D eigenvalue weighted by atomic mass is 32.2. The molecule has 0 radical (unpaired) electrons. The van der Waals surface area contributed by atoms with Gasteiger partial charge in [-0.25, -0.2) is 0 Å². The molecule has 2 unspecified atom stereocenters. The lowest BCUT2D eigenvalue weighted by molar-refractivity contribution is 0.963. The first-order chi connectivity index (χ1) is 4.16. The van der Waals surface area contributed by atoms with E-state index in [0.29, 0.717) is 4.58 Å². The molecule has 1 saturated heterocycles. The monoisotopic (exact) mass is 158 g/mol. The number of thioether (sulfide) groups is 2. The SMILES string of the molecule is C#CC1(C)CSC(C)S1. The van der Waals surface area contributed by atoms with Crippen LogP contribution in [-0.2, 0) is 0 Å². The topological polar surface area (TPSA) is 0 Å². The van der Waals surface area contributed by atoms with Gasteiger partial charge in [-0.15, -0.1) is 29.9 Å². The standard InChI is InChI=1S/C7H10S2/c1-4-7(3)5-8-6(2)9-7/h1,6H,5H2,2-3H3. The van der Waals surface area contributed by atoms with Gasteiger partial charge in [0.2, 0.25) is 0 Å². The van der Waals surface area contributed by atoms with Gasteiger partial charge in [-0.1, -0.05) is 5.92 Å². The van der Waals surface area contributed by atoms with E-state index in [-0.39, 0.29) is 4.75 Å². The second-order valence-corrected chi connectivity index (χ2v) is 5.84. The minimum Gasteiger partial charge on any atom is -0.145 e. The maximum Gasteiger partial charge on any atom is 0.0835 e. The Morgan fingerprint density at radius 2 is 2.44 bits per heavy atom. The number of hydrogen-bond donors (Lipinski definition) is 0. The molecule has 0 aromatic heterocycles. The van der Waals surface area contributed by atoms with Gasteiger partial charge in [-0.3, -0.25) is 0 Å². The van der Waals surface area contributed by atoms with Crippen molar-refractivity contribution in [2.45, 2.75) is 23.2 Å². The van der Waals surface area contributed by atoms with Crippen molar-refractivity contribution < 1.29 is 0 Å². The van der Waals surface area contributed by atoms with Crippen LogP contribution in [0.4, 0.5) is 0 Å². The Morgan fingerprint density at radius 3 is 2.67 bits per heavy atom. The Morgan fingerprint density at radius 1 is 1.78 bits per heavy atom. The van der Waals surface area contributed by atoms with Gasteiger partial charge in [0.25, 0.3) is 0 Å². The molecule has 0 N–H and O–H groups in total. The zero-order valence-electron chi connectivity index (χ0n) is 5.68. The van der Waals surface area contributed by atoms with E-state index in [1.807, 2.05) is 23.5 Å². The highest BCUT2D eigenvalue weighted by Crippen LogP contribution is 2.44. The van der Waals surface area contributed by atoms with Crippen molar-refractivity contribution >= 4 is 23.5 Å². The first kappa shape index (κ1) is 7.37. The van der Waals surface area contributed by atoms with Crippen LogP contribution in [-0.4, -0.2) is 15.1 Å². The van der Waals surface area contributed by atoms with Crippen LogP contribution in [0.15, 0.2) is 0 Å². The summed E-state index contributed by atoms with van der Waals surface area (Å²) in [6.07, 6.45) is 5.35. The van der Waals surface area contributed by atoms with Crippen LogP contribution in [0.5, 0.6) is 0 Å². The highest BCUT2D eigenvalue weighted by molar-refractivity contribution is 8.21. The predicted octanol–water partition coefficient (Wildman–Crippen LogP) is 2.20. The van der Waals surface area contributed by atoms with Crippen molar-refractivity contribution in [3.8, 4) is 12.3 Å². The first-order valence-corrected chi connectivity index (χ1v) is 4.86. The molecule has 0 aliphatic carbocycles. The summed E-state index contributed by atoms with van der Waals surface area (Å²) in [6, 6.07) is 0. The van der Waals surface area contributed by atoms with Gasteiger partial charge in [0.15, 0.2) is 0 Å². The molecule has 0 nitrogen and oxygen atoms in total. The van der Waals surface area contributed by atoms with Crippen LogP contribution >= 0.6 is 23.5 Å². The molecule has 1 aliphatic rings. The fraction of sp³-hybridized carbons (Fsp3) is 0.714. The third-order valence-electron chi connectivity index (χ3n) is 1.32. The minimum absolute atomic E-state index is 0.115. The highest BCUT2D eigenvalue weighted by Gasteiger charge is 2.32. The molecule has 0 bridgehead atoms. The number of rotatable bonds is 0. The van der Waals surface area contributed by atoms with Crippen LogP contribution in [0, 0.1) is 12.3 Å². The van der Waals surface area contributed by atoms with E-state index in [4.69, 9.17) is 6.42 Å². The molecule has 1 heterocycles. The Balaban J connectivity index is 2.58. The normalized spacial score (nSPS) is 42.6. The summed E-state index contributed by atoms with van der Waals surface area (Å²) in [7, 11) is 0. The maximum atomic E-state index is 5.35. The van der Waals surface area contributed by atoms with E-state index in [9.17, 15) is 0 Å². The largest absolute Gasteiger partial charge is 0.145 e. The Bertz CT molecular complexity index is 147. The van der Waals surface area contributed by atoms with Crippen molar-refractivity contribution in [2.75, 3.05) is 5.75 Å². The molecule has 0 saturated carbocycles. The molecule has 50 valence electrons. The molecule has 1 rings (SSSR count). The molecule has 9 heavy (non-hydrogen) atoms. The van der Waals surface area contributed by atoms with E-state index in [1.54, 1.807) is 0 Å². The molecular weight excluding hydrogens is 148 g/mol. The van der Waals surface area contributed by atoms with Gasteiger partial charge in [-0.05, 0) is 13.8 Å². The molecule has 0 amide bonds. The fourth-order valence-corrected chi connectivity index (χ4v) is 3.81. The van der Waals surface area contributed by atoms with Gasteiger partial charge < -0.3 is 0 Å². The zero-order chi connectivity index (χ0) is 6.91. The van der Waals surface area contributed by atoms with E-state index in [0.717, 1.165) is 5.75 Å². The van der Waals surface area contributed by atoms with E-state index < -0.39 is 0 Å². The van der Waals surface area contributed by atoms with Crippen LogP contribution in [0.3, 0.4) is 0 Å². The van der Waals surface area contributed by atoms with Crippen molar-refractivity contribution in [3.05, 3.63) is 0 Å². The summed E-state index contributed by atoms with van der Waals surface area (Å²) in [4.78, 5) is 0. The Hall–Kier alpha value is 0.260. The quantitative estimate of drug-likeness (QED) is 0.496. The Labute approximate surface area is 65.2 Å². The van der Waals surface area contributed by atoms with Crippen LogP contribution < -0.4 is 0 Å². The van der Waals surface area contributed by atoms with E-state index in [1.165, 1.54) is 0 Å². The van der Waals surface area contributed by atoms with Crippen LogP contribution in [0.1, 0.15) is 13.8 Å². The molecule has 0 spiro atoms. The summed E-state index contributed by atoms with van der Waals surface area (Å²) in [6.45, 7) is 4.34. The second kappa shape index (κ2) is 2.48. The molecule has 0 aromatic rings. The third kappa shape index (κ3) is 1.59. The maximum absolute atomic E-state index is 5.35. The lowest BCUT2D eigenvalue weighted by Gasteiger charge is -2.12. The van der Waals surface area contributed by atoms with Gasteiger partial charge in [0.1, 0.15) is 0 Å². The molecule has 0 aromatic carbocycles. The Kier molecular flexibility index (Phi) is 2.03. The summed E-state index contributed by atoms with van der Waals surface area (Å²) in [5.74, 6) is 3.92. The summed E-state index contributed by atoms with van der Waals surface area (Å²) >= 11 is 3.84. The van der Waals surface area contributed by atoms with Crippen molar-refractivity contribution in [3.63, 3.8) is 0 Å². The van der Waals surface area contributed by atoms with Crippen molar-refractivity contribution in [1.82, 2.24) is 0 Å². The summed E-state index contributed by atoms with van der Waals surface area (Å²) in [5.41, 5.74) is 0. The zero-order valence-corrected chi connectivity index (χ0v) is 7.31. The van der Waals surface area contributed by atoms with Crippen LogP contribution in [0.25, 0.3) is 0 Å². The van der Waals surface area contributed by atoms with Crippen molar-refractivity contribution in [1.29, 1.82) is 0 Å². The predicted molar refractivity (Wildman–Crippen MR) is 46.7 cm³/mol. The molecule has 1 fully saturated rings. The number of terminal acetylenes is 1. The molecular formula is C7H10S2. The van der Waals surface area contributed by atoms with Gasteiger partial charge in [-0.2, -0.15) is 0 Å². The van der Waals surface area contributed by atoms with Gasteiger partial charge in [0.05, 0.1) is 4.75 Å². The third-order valence-corrected chi connectivity index (χ3v) is 4.53. The van der Waals surface area contributed by atoms with Crippen LogP contribution in [0.2, 0.25) is 0 Å². The number of hydrogen-bond acceptors (Lipinski definition) is 2. The lowest BCUT2D eigenvalue weighted by Crippen LogP contribution is -2.15. The smallest absolute Gasteiger partial charge is 0.0835 e. The average molecular weight is 158 g/mol. The average Bonchev–Trinajstić information content (AvgIpc) is 2.13. The van der Waals surface area contributed by atoms with Gasteiger partial charge in [0, 0.05) is 10.3 Å². The minimum atomic E-state index is 0.115. The summed E-state index contributed by atoms with van der Waals surface area (Å²) < 4.78 is 0.801. The summed E-state index contributed by atoms with van der Waals surface area (Å²) in [5, 5.41) is 0. The lowest BCUT2D eigenvalue weighted by atomic mass is 10.2. The molecule has 2 atom stereocenters. The van der Waals surface area contributed by atoms with Gasteiger partial charge >= 0.3 is 0 Å². The van der Waals surface area contributed by atoms with E-state index >= 15 is 0 Å². The molecule has 1 aliphatic heterocycles. The van der Waals surface area contributed by atoms with Crippen molar-refractivity contribution in [2.24, 2.45) is 0 Å². The second-order valence-electron chi connectivity index (χ2n) is 2.37. The molecule has 2 heteroatoms. The first-order valence-electron chi connectivity index (χ1n) is 2.93. The van der Waals surface area contributed by atoms with E-state index in [2.05, 4.69) is 19.8 Å².